The van der Waals surface area contributed by atoms with Crippen LogP contribution in [0.1, 0.15) is 115 Å². The van der Waals surface area contributed by atoms with Crippen molar-refractivity contribution in [3.63, 3.8) is 0 Å². The SMILES string of the molecule is CCCCCC1CCC(c2cc(F)c(C(F)(F)Oc3cc(C(C)(C)C)c(O)c(C(C)(C)C)c3)c(F)c2)OC1. The first-order valence-electron chi connectivity index (χ1n) is 13.6. The van der Waals surface area contributed by atoms with Crippen LogP contribution in [0.5, 0.6) is 11.5 Å². The summed E-state index contributed by atoms with van der Waals surface area (Å²) >= 11 is 0. The highest BCUT2D eigenvalue weighted by atomic mass is 19.3. The number of benzene rings is 2. The first-order valence-corrected chi connectivity index (χ1v) is 13.6. The third-order valence-electron chi connectivity index (χ3n) is 7.26. The summed E-state index contributed by atoms with van der Waals surface area (Å²) in [5, 5.41) is 10.8. The molecule has 1 saturated heterocycles. The van der Waals surface area contributed by atoms with Crippen LogP contribution >= 0.6 is 0 Å². The van der Waals surface area contributed by atoms with E-state index in [9.17, 15) is 5.11 Å². The molecule has 1 heterocycles. The number of halogens is 4. The van der Waals surface area contributed by atoms with Crippen LogP contribution < -0.4 is 4.74 Å². The van der Waals surface area contributed by atoms with Gasteiger partial charge in [0, 0.05) is 11.1 Å². The molecule has 0 saturated carbocycles. The lowest BCUT2D eigenvalue weighted by molar-refractivity contribution is -0.189. The van der Waals surface area contributed by atoms with Crippen molar-refractivity contribution in [1.82, 2.24) is 0 Å². The van der Waals surface area contributed by atoms with Gasteiger partial charge in [0.25, 0.3) is 0 Å². The zero-order valence-electron chi connectivity index (χ0n) is 23.7. The summed E-state index contributed by atoms with van der Waals surface area (Å²) in [6.45, 7) is 13.6. The van der Waals surface area contributed by atoms with Gasteiger partial charge in [-0.05, 0) is 65.8 Å². The number of aromatic hydroxyl groups is 1. The molecule has 1 aliphatic rings. The highest BCUT2D eigenvalue weighted by Gasteiger charge is 2.42. The molecular weight excluding hydrogens is 496 g/mol. The maximum absolute atomic E-state index is 15.3. The molecule has 0 amide bonds. The van der Waals surface area contributed by atoms with Crippen LogP contribution in [0.25, 0.3) is 0 Å². The highest BCUT2D eigenvalue weighted by molar-refractivity contribution is 5.52. The van der Waals surface area contributed by atoms with Crippen molar-refractivity contribution in [3.05, 3.63) is 58.2 Å². The van der Waals surface area contributed by atoms with E-state index >= 15 is 17.6 Å². The topological polar surface area (TPSA) is 38.7 Å². The van der Waals surface area contributed by atoms with E-state index in [0.29, 0.717) is 30.1 Å². The van der Waals surface area contributed by atoms with E-state index in [1.54, 1.807) is 0 Å². The molecule has 0 bridgehead atoms. The van der Waals surface area contributed by atoms with Crippen molar-refractivity contribution < 1.29 is 32.1 Å². The van der Waals surface area contributed by atoms with E-state index in [1.807, 2.05) is 41.5 Å². The molecule has 3 nitrogen and oxygen atoms in total. The fourth-order valence-electron chi connectivity index (χ4n) is 5.05. The molecular formula is C31H42F4O3. The Morgan fingerprint density at radius 1 is 0.895 bits per heavy atom. The molecule has 0 aromatic heterocycles. The molecule has 2 aromatic carbocycles. The predicted molar refractivity (Wildman–Crippen MR) is 142 cm³/mol. The number of hydrogen-bond acceptors (Lipinski definition) is 3. The zero-order chi connectivity index (χ0) is 28.5. The molecule has 1 aliphatic heterocycles. The van der Waals surface area contributed by atoms with Gasteiger partial charge in [0.1, 0.15) is 28.7 Å². The van der Waals surface area contributed by atoms with Gasteiger partial charge in [0.05, 0.1) is 12.7 Å². The Hall–Kier alpha value is -2.28. The van der Waals surface area contributed by atoms with Crippen LogP contribution in [0, 0.1) is 17.6 Å². The van der Waals surface area contributed by atoms with Gasteiger partial charge < -0.3 is 14.6 Å². The van der Waals surface area contributed by atoms with Crippen LogP contribution in [-0.4, -0.2) is 11.7 Å². The monoisotopic (exact) mass is 538 g/mol. The van der Waals surface area contributed by atoms with E-state index < -0.39 is 40.2 Å². The molecule has 38 heavy (non-hydrogen) atoms. The van der Waals surface area contributed by atoms with Crippen molar-refractivity contribution >= 4 is 0 Å². The number of alkyl halides is 2. The third kappa shape index (κ3) is 7.02. The van der Waals surface area contributed by atoms with Gasteiger partial charge in [-0.3, -0.25) is 0 Å². The van der Waals surface area contributed by atoms with Gasteiger partial charge in [0.2, 0.25) is 0 Å². The van der Waals surface area contributed by atoms with E-state index in [-0.39, 0.29) is 17.1 Å². The maximum Gasteiger partial charge on any atom is 0.432 e. The molecule has 0 spiro atoms. The zero-order valence-corrected chi connectivity index (χ0v) is 23.7. The number of rotatable bonds is 8. The third-order valence-corrected chi connectivity index (χ3v) is 7.26. The average Bonchev–Trinajstić information content (AvgIpc) is 2.78. The number of phenols is 1. The summed E-state index contributed by atoms with van der Waals surface area (Å²) in [5.41, 5.74) is -1.63. The summed E-state index contributed by atoms with van der Waals surface area (Å²) in [7, 11) is 0. The predicted octanol–water partition coefficient (Wildman–Crippen LogP) is 9.44. The number of hydrogen-bond donors (Lipinski definition) is 1. The van der Waals surface area contributed by atoms with Crippen molar-refractivity contribution in [2.75, 3.05) is 6.61 Å². The van der Waals surface area contributed by atoms with E-state index in [4.69, 9.17) is 9.47 Å². The minimum absolute atomic E-state index is 0.0116. The van der Waals surface area contributed by atoms with Crippen LogP contribution in [0.3, 0.4) is 0 Å². The van der Waals surface area contributed by atoms with Crippen molar-refractivity contribution in [2.24, 2.45) is 5.92 Å². The largest absolute Gasteiger partial charge is 0.507 e. The van der Waals surface area contributed by atoms with Crippen molar-refractivity contribution in [1.29, 1.82) is 0 Å². The smallest absolute Gasteiger partial charge is 0.432 e. The standard InChI is InChI=1S/C31H42F4O3/c1-8-9-10-11-19-12-13-26(37-18-19)20-14-24(32)27(25(33)15-20)31(34,35)38-21-16-22(29(2,3)4)28(36)23(17-21)30(5,6)7/h14-17,19,26,36H,8-13,18H2,1-7H3. The fourth-order valence-corrected chi connectivity index (χ4v) is 5.05. The summed E-state index contributed by atoms with van der Waals surface area (Å²) in [4.78, 5) is 0. The second-order valence-corrected chi connectivity index (χ2v) is 12.6. The first-order chi connectivity index (χ1) is 17.5. The number of unbranched alkanes of at least 4 members (excludes halogenated alkanes) is 2. The lowest BCUT2D eigenvalue weighted by atomic mass is 9.79. The van der Waals surface area contributed by atoms with Gasteiger partial charge in [-0.2, -0.15) is 8.78 Å². The Kier molecular flexibility index (Phi) is 9.12. The molecule has 1 fully saturated rings. The van der Waals surface area contributed by atoms with E-state index in [1.165, 1.54) is 12.1 Å². The maximum atomic E-state index is 15.3. The molecule has 3 rings (SSSR count). The van der Waals surface area contributed by atoms with Crippen LogP contribution in [0.2, 0.25) is 0 Å². The Balaban J connectivity index is 1.86. The van der Waals surface area contributed by atoms with Gasteiger partial charge in [-0.25, -0.2) is 8.78 Å². The van der Waals surface area contributed by atoms with Crippen LogP contribution in [0.15, 0.2) is 24.3 Å². The van der Waals surface area contributed by atoms with Gasteiger partial charge in [-0.15, -0.1) is 0 Å². The van der Waals surface area contributed by atoms with Gasteiger partial charge in [0.15, 0.2) is 0 Å². The minimum atomic E-state index is -4.29. The summed E-state index contributed by atoms with van der Waals surface area (Å²) in [6.07, 6.45) is 1.10. The molecule has 2 unspecified atom stereocenters. The quantitative estimate of drug-likeness (QED) is 0.269. The second kappa shape index (κ2) is 11.4. The fraction of sp³-hybridized carbons (Fsp3) is 0.613. The van der Waals surface area contributed by atoms with Gasteiger partial charge >= 0.3 is 6.11 Å². The second-order valence-electron chi connectivity index (χ2n) is 12.6. The first kappa shape index (κ1) is 30.3. The summed E-state index contributed by atoms with van der Waals surface area (Å²) in [6, 6.07) is 4.45. The van der Waals surface area contributed by atoms with E-state index in [0.717, 1.165) is 44.2 Å². The minimum Gasteiger partial charge on any atom is -0.507 e. The average molecular weight is 539 g/mol. The van der Waals surface area contributed by atoms with Crippen LogP contribution in [0.4, 0.5) is 17.6 Å². The molecule has 7 heteroatoms. The lowest BCUT2D eigenvalue weighted by Crippen LogP contribution is -2.27. The Morgan fingerprint density at radius 3 is 1.89 bits per heavy atom. The summed E-state index contributed by atoms with van der Waals surface area (Å²) in [5.74, 6) is -2.66. The molecule has 0 radical (unpaired) electrons. The molecule has 212 valence electrons. The van der Waals surface area contributed by atoms with E-state index in [2.05, 4.69) is 6.92 Å². The normalized spacial score (nSPS) is 19.0. The Labute approximate surface area is 224 Å². The molecule has 2 aromatic rings. The summed E-state index contributed by atoms with van der Waals surface area (Å²) < 4.78 is 71.5. The lowest BCUT2D eigenvalue weighted by Gasteiger charge is -2.30. The van der Waals surface area contributed by atoms with Crippen LogP contribution in [-0.2, 0) is 21.7 Å². The van der Waals surface area contributed by atoms with Crippen molar-refractivity contribution in [3.8, 4) is 11.5 Å². The Morgan fingerprint density at radius 2 is 1.45 bits per heavy atom. The number of phenolic OH excluding ortho intramolecular Hbond substituents is 1. The molecule has 1 N–H and O–H groups in total. The molecule has 0 aliphatic carbocycles. The van der Waals surface area contributed by atoms with Crippen molar-refractivity contribution in [2.45, 2.75) is 110 Å². The van der Waals surface area contributed by atoms with Gasteiger partial charge in [-0.1, -0.05) is 67.7 Å². The molecule has 2 atom stereocenters. The Bertz CT molecular complexity index is 1050. The number of ether oxygens (including phenoxy) is 2. The highest BCUT2D eigenvalue weighted by Crippen LogP contribution is 2.44.